The summed E-state index contributed by atoms with van der Waals surface area (Å²) in [5.41, 5.74) is 2.70. The van der Waals surface area contributed by atoms with E-state index >= 15 is 0 Å². The Hall–Kier alpha value is -3.31. The molecule has 1 aromatic carbocycles. The van der Waals surface area contributed by atoms with Crippen LogP contribution in [0.5, 0.6) is 5.75 Å². The first kappa shape index (κ1) is 29.2. The van der Waals surface area contributed by atoms with Gasteiger partial charge < -0.3 is 24.3 Å². The van der Waals surface area contributed by atoms with Gasteiger partial charge in [0.15, 0.2) is 0 Å². The number of carbonyl (C=O) groups is 1. The van der Waals surface area contributed by atoms with Crippen molar-refractivity contribution in [3.8, 4) is 5.75 Å². The second kappa shape index (κ2) is 11.2. The third-order valence-electron chi connectivity index (χ3n) is 8.62. The molecule has 3 aromatic rings. The first-order chi connectivity index (χ1) is 19.4. The number of rotatable bonds is 8. The summed E-state index contributed by atoms with van der Waals surface area (Å²) in [5.74, 6) is 0.0369. The molecule has 0 aliphatic carbocycles. The van der Waals surface area contributed by atoms with E-state index in [0.29, 0.717) is 35.5 Å². The molecule has 11 heteroatoms. The fourth-order valence-electron chi connectivity index (χ4n) is 6.57. The van der Waals surface area contributed by atoms with E-state index in [0.717, 1.165) is 23.0 Å². The topological polar surface area (TPSA) is 91.9 Å². The third-order valence-corrected chi connectivity index (χ3v) is 8.62. The van der Waals surface area contributed by atoms with Gasteiger partial charge in [-0.1, -0.05) is 18.2 Å². The summed E-state index contributed by atoms with van der Waals surface area (Å²) in [6.07, 6.45) is -4.32. The Kier molecular flexibility index (Phi) is 7.95. The van der Waals surface area contributed by atoms with Crippen LogP contribution in [0.1, 0.15) is 66.5 Å². The fourth-order valence-corrected chi connectivity index (χ4v) is 6.57. The summed E-state index contributed by atoms with van der Waals surface area (Å²) >= 11 is 0. The Balaban J connectivity index is 1.42. The molecule has 5 rings (SSSR count). The summed E-state index contributed by atoms with van der Waals surface area (Å²) in [4.78, 5) is 30.7. The number of para-hydroxylation sites is 1. The highest BCUT2D eigenvalue weighted by Crippen LogP contribution is 2.42. The summed E-state index contributed by atoms with van der Waals surface area (Å²) in [6, 6.07) is 8.47. The lowest BCUT2D eigenvalue weighted by Gasteiger charge is -2.41. The summed E-state index contributed by atoms with van der Waals surface area (Å²) in [6.45, 7) is 8.04. The van der Waals surface area contributed by atoms with Crippen molar-refractivity contribution in [1.29, 1.82) is 0 Å². The number of methoxy groups -OCH3 is 1. The largest absolute Gasteiger partial charge is 0.496 e. The number of alkyl halides is 3. The van der Waals surface area contributed by atoms with Crippen LogP contribution < -0.4 is 15.6 Å². The van der Waals surface area contributed by atoms with Gasteiger partial charge in [-0.15, -0.1) is 0 Å². The highest BCUT2D eigenvalue weighted by molar-refractivity contribution is 6.08. The number of aromatic nitrogens is 2. The number of piperidine rings is 1. The Morgan fingerprint density at radius 1 is 1.27 bits per heavy atom. The van der Waals surface area contributed by atoms with E-state index in [1.165, 1.54) is 7.11 Å². The molecule has 0 bridgehead atoms. The van der Waals surface area contributed by atoms with Crippen LogP contribution >= 0.6 is 0 Å². The van der Waals surface area contributed by atoms with Gasteiger partial charge >= 0.3 is 6.18 Å². The van der Waals surface area contributed by atoms with Crippen molar-refractivity contribution < 1.29 is 27.4 Å². The lowest BCUT2D eigenvalue weighted by atomic mass is 9.84. The van der Waals surface area contributed by atoms with Crippen molar-refractivity contribution in [2.24, 2.45) is 5.92 Å². The van der Waals surface area contributed by atoms with Crippen molar-refractivity contribution in [2.75, 3.05) is 13.7 Å². The van der Waals surface area contributed by atoms with Crippen molar-refractivity contribution in [2.45, 2.75) is 84.1 Å². The molecule has 0 saturated carbocycles. The first-order valence-corrected chi connectivity index (χ1v) is 14.0. The minimum Gasteiger partial charge on any atom is -0.496 e. The number of ether oxygens (including phenoxy) is 2. The number of pyridine rings is 1. The van der Waals surface area contributed by atoms with Gasteiger partial charge in [0.1, 0.15) is 12.0 Å². The van der Waals surface area contributed by atoms with Crippen LogP contribution in [0.2, 0.25) is 0 Å². The Bertz CT molecular complexity index is 1500. The van der Waals surface area contributed by atoms with Crippen molar-refractivity contribution in [3.05, 3.63) is 63.2 Å². The smallest absolute Gasteiger partial charge is 0.390 e. The van der Waals surface area contributed by atoms with E-state index in [2.05, 4.69) is 14.9 Å². The number of amides is 1. The van der Waals surface area contributed by atoms with Crippen molar-refractivity contribution in [3.63, 3.8) is 0 Å². The number of aryl methyl sites for hydroxylation is 1. The molecule has 41 heavy (non-hydrogen) atoms. The number of epoxide rings is 1. The van der Waals surface area contributed by atoms with Gasteiger partial charge in [-0.3, -0.25) is 14.5 Å². The molecule has 5 atom stereocenters. The molecule has 2 aliphatic rings. The molecule has 2 saturated heterocycles. The average Bonchev–Trinajstić information content (AvgIpc) is 3.55. The van der Waals surface area contributed by atoms with Gasteiger partial charge in [-0.2, -0.15) is 13.2 Å². The van der Waals surface area contributed by atoms with Gasteiger partial charge in [-0.25, -0.2) is 0 Å². The van der Waals surface area contributed by atoms with E-state index in [9.17, 15) is 22.8 Å². The maximum atomic E-state index is 13.6. The summed E-state index contributed by atoms with van der Waals surface area (Å²) in [7, 11) is 1.47. The average molecular weight is 575 g/mol. The predicted octanol–water partition coefficient (Wildman–Crippen LogP) is 5.22. The second-order valence-electron chi connectivity index (χ2n) is 11.3. The zero-order valence-electron chi connectivity index (χ0n) is 24.0. The number of nitrogens with one attached hydrogen (secondary N) is 2. The molecule has 2 N–H and O–H groups in total. The van der Waals surface area contributed by atoms with E-state index in [1.807, 2.05) is 49.9 Å². The molecule has 5 unspecified atom stereocenters. The molecule has 0 spiro atoms. The predicted molar refractivity (Wildman–Crippen MR) is 149 cm³/mol. The number of benzene rings is 1. The lowest BCUT2D eigenvalue weighted by molar-refractivity contribution is -0.154. The molecular formula is C30H37F3N4O4. The van der Waals surface area contributed by atoms with Gasteiger partial charge in [0.25, 0.3) is 11.5 Å². The SMILES string of the molecule is COc1cc(C)[nH]c(=O)c1CNC(=O)c1c(C)n(C(C)C2CCN(C3OC3C)C(CC(F)(F)F)C2)c2ccccc12. The minimum atomic E-state index is -4.27. The lowest BCUT2D eigenvalue weighted by Crippen LogP contribution is -2.48. The molecule has 8 nitrogen and oxygen atoms in total. The number of fused-ring (bicyclic) bond motifs is 1. The van der Waals surface area contributed by atoms with Crippen LogP contribution in [0.15, 0.2) is 35.1 Å². The molecule has 0 radical (unpaired) electrons. The normalized spacial score (nSPS) is 23.9. The van der Waals surface area contributed by atoms with Crippen LogP contribution in [0.4, 0.5) is 13.2 Å². The van der Waals surface area contributed by atoms with Crippen LogP contribution in [0.3, 0.4) is 0 Å². The molecule has 2 fully saturated rings. The van der Waals surface area contributed by atoms with E-state index in [1.54, 1.807) is 13.0 Å². The number of nitrogens with zero attached hydrogens (tertiary/aromatic N) is 2. The Morgan fingerprint density at radius 3 is 2.63 bits per heavy atom. The Morgan fingerprint density at radius 2 is 1.98 bits per heavy atom. The van der Waals surface area contributed by atoms with E-state index in [-0.39, 0.29) is 42.3 Å². The quantitative estimate of drug-likeness (QED) is 0.360. The van der Waals surface area contributed by atoms with E-state index < -0.39 is 18.6 Å². The molecule has 4 heterocycles. The second-order valence-corrected chi connectivity index (χ2v) is 11.3. The van der Waals surface area contributed by atoms with Gasteiger partial charge in [0, 0.05) is 40.9 Å². The third kappa shape index (κ3) is 5.88. The standard InChI is InChI=1S/C30H37F3N4O4/c1-16-12-25(40-5)23(27(38)35-16)15-34-28(39)26-18(3)37(24-9-7-6-8-22(24)26)17(2)20-10-11-36(29-19(4)41-29)21(13-20)14-30(31,32)33/h6-9,12,17,19-21,29H,10-11,13-15H2,1-5H3,(H,34,39)(H,35,38). The molecule has 222 valence electrons. The van der Waals surface area contributed by atoms with Crippen LogP contribution in [-0.2, 0) is 11.3 Å². The maximum Gasteiger partial charge on any atom is 0.390 e. The maximum absolute atomic E-state index is 13.6. The molecular weight excluding hydrogens is 537 g/mol. The number of likely N-dealkylation sites (tertiary alicyclic amines) is 1. The van der Waals surface area contributed by atoms with Gasteiger partial charge in [-0.05, 0) is 58.6 Å². The number of H-pyrrole nitrogens is 1. The molecule has 1 amide bonds. The minimum absolute atomic E-state index is 0.0200. The highest BCUT2D eigenvalue weighted by atomic mass is 19.4. The number of hydrogen-bond acceptors (Lipinski definition) is 5. The fraction of sp³-hybridized carbons (Fsp3) is 0.533. The number of carbonyl (C=O) groups excluding carboxylic acids is 1. The van der Waals surface area contributed by atoms with Gasteiger partial charge in [0.05, 0.1) is 37.3 Å². The summed E-state index contributed by atoms with van der Waals surface area (Å²) in [5, 5.41) is 3.63. The van der Waals surface area contributed by atoms with E-state index in [4.69, 9.17) is 9.47 Å². The Labute approximate surface area is 236 Å². The number of halogens is 3. The van der Waals surface area contributed by atoms with Gasteiger partial charge in [0.2, 0.25) is 0 Å². The van der Waals surface area contributed by atoms with Crippen LogP contribution in [0, 0.1) is 19.8 Å². The summed E-state index contributed by atoms with van der Waals surface area (Å²) < 4.78 is 53.6. The number of aromatic amines is 1. The van der Waals surface area contributed by atoms with Crippen LogP contribution in [0.25, 0.3) is 10.9 Å². The first-order valence-electron chi connectivity index (χ1n) is 14.0. The highest BCUT2D eigenvalue weighted by Gasteiger charge is 2.48. The monoisotopic (exact) mass is 574 g/mol. The van der Waals surface area contributed by atoms with Crippen LogP contribution in [-0.4, -0.2) is 58.6 Å². The zero-order valence-corrected chi connectivity index (χ0v) is 24.0. The molecule has 2 aliphatic heterocycles. The van der Waals surface area contributed by atoms with Crippen molar-refractivity contribution in [1.82, 2.24) is 19.8 Å². The van der Waals surface area contributed by atoms with Crippen molar-refractivity contribution >= 4 is 16.8 Å². The number of hydrogen-bond donors (Lipinski definition) is 2. The molecule has 2 aromatic heterocycles. The zero-order chi connectivity index (χ0) is 29.6.